The summed E-state index contributed by atoms with van der Waals surface area (Å²) in [6.07, 6.45) is 5.59. The molecule has 18 heavy (non-hydrogen) atoms. The lowest BCUT2D eigenvalue weighted by Gasteiger charge is -2.26. The number of fused-ring (bicyclic) bond motifs is 1. The first-order valence-electron chi connectivity index (χ1n) is 7.12. The lowest BCUT2D eigenvalue weighted by molar-refractivity contribution is 0.114. The standard InChI is InChI=1S/C13H17N3OS/c1-2-6(1)12-15-13(18-16-12)17-11-7-3-8-5-14-10(11)9(8)4-7/h6-11,14H,1-5H2. The Balaban J connectivity index is 1.37. The van der Waals surface area contributed by atoms with Crippen molar-refractivity contribution >= 4 is 11.5 Å². The SMILES string of the molecule is C1CC1c1nsc(OC2C3CC4CNC2C4C3)n1. The summed E-state index contributed by atoms with van der Waals surface area (Å²) < 4.78 is 10.6. The fraction of sp³-hybridized carbons (Fsp3) is 0.846. The van der Waals surface area contributed by atoms with Crippen molar-refractivity contribution in [1.29, 1.82) is 0 Å². The van der Waals surface area contributed by atoms with E-state index in [2.05, 4.69) is 14.7 Å². The zero-order chi connectivity index (χ0) is 11.7. The van der Waals surface area contributed by atoms with Crippen molar-refractivity contribution in [3.8, 4) is 5.19 Å². The van der Waals surface area contributed by atoms with E-state index < -0.39 is 0 Å². The summed E-state index contributed by atoms with van der Waals surface area (Å²) in [4.78, 5) is 4.56. The Morgan fingerprint density at radius 1 is 1.22 bits per heavy atom. The Bertz CT molecular complexity index is 484. The fourth-order valence-electron chi connectivity index (χ4n) is 4.30. The van der Waals surface area contributed by atoms with Crippen molar-refractivity contribution in [3.63, 3.8) is 0 Å². The van der Waals surface area contributed by atoms with Gasteiger partial charge in [0, 0.05) is 23.5 Å². The van der Waals surface area contributed by atoms with E-state index in [9.17, 15) is 0 Å². The number of hydrogen-bond donors (Lipinski definition) is 1. The van der Waals surface area contributed by atoms with Crippen LogP contribution in [0.4, 0.5) is 0 Å². The van der Waals surface area contributed by atoms with Crippen LogP contribution in [0.2, 0.25) is 0 Å². The number of ether oxygens (including phenoxy) is 1. The minimum atomic E-state index is 0.355. The van der Waals surface area contributed by atoms with Crippen molar-refractivity contribution in [2.24, 2.45) is 17.8 Å². The van der Waals surface area contributed by atoms with E-state index in [4.69, 9.17) is 4.74 Å². The molecule has 3 aliphatic carbocycles. The highest BCUT2D eigenvalue weighted by atomic mass is 32.1. The zero-order valence-electron chi connectivity index (χ0n) is 10.2. The molecule has 1 saturated heterocycles. The van der Waals surface area contributed by atoms with E-state index in [1.807, 2.05) is 0 Å². The Morgan fingerprint density at radius 3 is 3.06 bits per heavy atom. The molecular weight excluding hydrogens is 246 g/mol. The molecule has 0 radical (unpaired) electrons. The Labute approximate surface area is 110 Å². The third kappa shape index (κ3) is 1.35. The molecule has 96 valence electrons. The fourth-order valence-corrected chi connectivity index (χ4v) is 4.95. The third-order valence-corrected chi connectivity index (χ3v) is 5.91. The second-order valence-corrected chi connectivity index (χ2v) is 7.08. The molecular formula is C13H17N3OS. The van der Waals surface area contributed by atoms with Crippen molar-refractivity contribution in [2.45, 2.75) is 43.7 Å². The maximum Gasteiger partial charge on any atom is 0.293 e. The largest absolute Gasteiger partial charge is 0.464 e. The summed E-state index contributed by atoms with van der Waals surface area (Å²) >= 11 is 1.45. The van der Waals surface area contributed by atoms with Gasteiger partial charge in [0.25, 0.3) is 5.19 Å². The molecule has 2 heterocycles. The molecule has 5 atom stereocenters. The summed E-state index contributed by atoms with van der Waals surface area (Å²) in [5.41, 5.74) is 0. The molecule has 1 aliphatic heterocycles. The van der Waals surface area contributed by atoms with E-state index >= 15 is 0 Å². The molecule has 4 aliphatic rings. The van der Waals surface area contributed by atoms with E-state index in [1.54, 1.807) is 0 Å². The second-order valence-electron chi connectivity index (χ2n) is 6.36. The minimum absolute atomic E-state index is 0.355. The predicted molar refractivity (Wildman–Crippen MR) is 67.8 cm³/mol. The highest BCUT2D eigenvalue weighted by Crippen LogP contribution is 2.52. The Morgan fingerprint density at radius 2 is 2.17 bits per heavy atom. The van der Waals surface area contributed by atoms with Crippen LogP contribution >= 0.6 is 11.5 Å². The summed E-state index contributed by atoms with van der Waals surface area (Å²) in [5.74, 6) is 4.21. The van der Waals surface area contributed by atoms with E-state index in [-0.39, 0.29) is 0 Å². The Kier molecular flexibility index (Phi) is 1.95. The van der Waals surface area contributed by atoms with Crippen LogP contribution in [0.1, 0.15) is 37.4 Å². The monoisotopic (exact) mass is 263 g/mol. The van der Waals surface area contributed by atoms with Crippen LogP contribution in [0, 0.1) is 17.8 Å². The summed E-state index contributed by atoms with van der Waals surface area (Å²) in [6.45, 7) is 1.20. The van der Waals surface area contributed by atoms with Gasteiger partial charge in [-0.25, -0.2) is 0 Å². The number of aromatic nitrogens is 2. The molecule has 0 amide bonds. The zero-order valence-corrected chi connectivity index (χ0v) is 11.0. The normalized spacial score (nSPS) is 44.8. The molecule has 1 aromatic heterocycles. The molecule has 5 unspecified atom stereocenters. The second kappa shape index (κ2) is 3.45. The van der Waals surface area contributed by atoms with Crippen LogP contribution in [-0.2, 0) is 0 Å². The minimum Gasteiger partial charge on any atom is -0.464 e. The van der Waals surface area contributed by atoms with E-state index in [0.29, 0.717) is 18.1 Å². The van der Waals surface area contributed by atoms with Crippen LogP contribution < -0.4 is 10.1 Å². The summed E-state index contributed by atoms with van der Waals surface area (Å²) in [6, 6.07) is 0.585. The van der Waals surface area contributed by atoms with Gasteiger partial charge in [0.2, 0.25) is 0 Å². The quantitative estimate of drug-likeness (QED) is 0.903. The highest BCUT2D eigenvalue weighted by Gasteiger charge is 2.57. The van der Waals surface area contributed by atoms with Crippen molar-refractivity contribution in [2.75, 3.05) is 6.54 Å². The van der Waals surface area contributed by atoms with Gasteiger partial charge >= 0.3 is 0 Å². The average molecular weight is 263 g/mol. The van der Waals surface area contributed by atoms with Gasteiger partial charge in [-0.05, 0) is 50.0 Å². The summed E-state index contributed by atoms with van der Waals surface area (Å²) in [7, 11) is 0. The van der Waals surface area contributed by atoms with Gasteiger partial charge < -0.3 is 10.1 Å². The van der Waals surface area contributed by atoms with Gasteiger partial charge in [0.05, 0.1) is 0 Å². The van der Waals surface area contributed by atoms with Crippen LogP contribution in [0.25, 0.3) is 0 Å². The highest BCUT2D eigenvalue weighted by molar-refractivity contribution is 7.07. The third-order valence-electron chi connectivity index (χ3n) is 5.28. The number of hydrogen-bond acceptors (Lipinski definition) is 5. The van der Waals surface area contributed by atoms with Gasteiger partial charge in [-0.3, -0.25) is 0 Å². The first kappa shape index (κ1) is 10.1. The van der Waals surface area contributed by atoms with Gasteiger partial charge in [-0.15, -0.1) is 0 Å². The molecule has 2 bridgehead atoms. The number of rotatable bonds is 3. The van der Waals surface area contributed by atoms with Crippen LogP contribution in [0.5, 0.6) is 5.19 Å². The van der Waals surface area contributed by atoms with Gasteiger partial charge in [-0.2, -0.15) is 9.36 Å². The molecule has 4 fully saturated rings. The number of nitrogens with one attached hydrogen (secondary N) is 1. The van der Waals surface area contributed by atoms with Crippen LogP contribution in [0.15, 0.2) is 0 Å². The van der Waals surface area contributed by atoms with Crippen molar-refractivity contribution in [3.05, 3.63) is 5.82 Å². The van der Waals surface area contributed by atoms with Crippen LogP contribution in [0.3, 0.4) is 0 Å². The molecule has 5 rings (SSSR count). The lowest BCUT2D eigenvalue weighted by atomic mass is 9.88. The maximum absolute atomic E-state index is 6.18. The lowest BCUT2D eigenvalue weighted by Crippen LogP contribution is -2.41. The van der Waals surface area contributed by atoms with E-state index in [0.717, 1.165) is 28.8 Å². The predicted octanol–water partition coefficient (Wildman–Crippen LogP) is 1.79. The average Bonchev–Trinajstić information content (AvgIpc) is 2.73. The van der Waals surface area contributed by atoms with Crippen LogP contribution in [-0.4, -0.2) is 28.0 Å². The summed E-state index contributed by atoms with van der Waals surface area (Å²) in [5, 5.41) is 4.46. The molecule has 5 heteroatoms. The molecule has 1 aromatic rings. The first-order chi connectivity index (χ1) is 8.88. The van der Waals surface area contributed by atoms with Gasteiger partial charge in [0.1, 0.15) is 11.9 Å². The van der Waals surface area contributed by atoms with E-state index in [1.165, 1.54) is 43.8 Å². The topological polar surface area (TPSA) is 47.0 Å². The molecule has 3 saturated carbocycles. The van der Waals surface area contributed by atoms with Gasteiger partial charge in [-0.1, -0.05) is 0 Å². The van der Waals surface area contributed by atoms with Crippen molar-refractivity contribution < 1.29 is 4.74 Å². The molecule has 1 N–H and O–H groups in total. The number of nitrogens with zero attached hydrogens (tertiary/aromatic N) is 2. The smallest absolute Gasteiger partial charge is 0.293 e. The van der Waals surface area contributed by atoms with Crippen molar-refractivity contribution in [1.82, 2.24) is 14.7 Å². The molecule has 0 aromatic carbocycles. The Hall–Kier alpha value is -0.680. The molecule has 0 spiro atoms. The van der Waals surface area contributed by atoms with Gasteiger partial charge in [0.15, 0.2) is 0 Å². The molecule has 4 nitrogen and oxygen atoms in total. The maximum atomic E-state index is 6.18. The first-order valence-corrected chi connectivity index (χ1v) is 7.89.